The number of esters is 1. The van der Waals surface area contributed by atoms with Gasteiger partial charge < -0.3 is 9.94 Å². The molecule has 0 aromatic rings. The summed E-state index contributed by atoms with van der Waals surface area (Å²) in [7, 11) is 0. The van der Waals surface area contributed by atoms with Gasteiger partial charge in [0.2, 0.25) is 0 Å². The van der Waals surface area contributed by atoms with Crippen molar-refractivity contribution in [1.82, 2.24) is 0 Å². The van der Waals surface area contributed by atoms with Gasteiger partial charge in [-0.1, -0.05) is 5.16 Å². The molecule has 0 aromatic carbocycles. The van der Waals surface area contributed by atoms with E-state index in [-0.39, 0.29) is 0 Å². The Labute approximate surface area is 86.9 Å². The van der Waals surface area contributed by atoms with E-state index in [1.165, 1.54) is 0 Å². The highest BCUT2D eigenvalue weighted by atomic mass is 16.6. The van der Waals surface area contributed by atoms with Gasteiger partial charge in [-0.25, -0.2) is 4.79 Å². The van der Waals surface area contributed by atoms with E-state index in [4.69, 9.17) is 9.94 Å². The first-order valence-electron chi connectivity index (χ1n) is 4.19. The van der Waals surface area contributed by atoms with E-state index in [0.29, 0.717) is 0 Å². The molecule has 0 aromatic heterocycles. The number of Topliss-reactive ketones (excluding diaryl/α,β-unsaturated/α-hetero) is 2. The van der Waals surface area contributed by atoms with Gasteiger partial charge in [-0.05, 0) is 20.8 Å². The molecule has 0 fully saturated rings. The van der Waals surface area contributed by atoms with E-state index >= 15 is 0 Å². The molecule has 84 valence electrons. The fourth-order valence-corrected chi connectivity index (χ4v) is 0.697. The van der Waals surface area contributed by atoms with Crippen LogP contribution in [0.25, 0.3) is 0 Å². The van der Waals surface area contributed by atoms with Crippen molar-refractivity contribution in [3.05, 3.63) is 0 Å². The highest BCUT2D eigenvalue weighted by Gasteiger charge is 2.29. The molecule has 0 aliphatic carbocycles. The van der Waals surface area contributed by atoms with E-state index in [0.717, 1.165) is 6.92 Å². The van der Waals surface area contributed by atoms with Crippen molar-refractivity contribution in [2.24, 2.45) is 5.16 Å². The fourth-order valence-electron chi connectivity index (χ4n) is 0.697. The standard InChI is InChI=1S/C9H13NO5/c1-5(11)6(10-14)7(12)8(13)15-9(2,3)4/h14H,1-4H3/b10-6+. The van der Waals surface area contributed by atoms with Crippen LogP contribution in [0.3, 0.4) is 0 Å². The molecule has 0 spiro atoms. The monoisotopic (exact) mass is 215 g/mol. The van der Waals surface area contributed by atoms with Crippen LogP contribution in [0.2, 0.25) is 0 Å². The van der Waals surface area contributed by atoms with Gasteiger partial charge in [-0.3, -0.25) is 9.59 Å². The second-order valence-electron chi connectivity index (χ2n) is 3.84. The average Bonchev–Trinajstić information content (AvgIpc) is 2.01. The lowest BCUT2D eigenvalue weighted by Crippen LogP contribution is -2.35. The van der Waals surface area contributed by atoms with Gasteiger partial charge in [0.05, 0.1) is 0 Å². The molecule has 0 atom stereocenters. The highest BCUT2D eigenvalue weighted by molar-refractivity contribution is 6.78. The number of hydrogen-bond donors (Lipinski definition) is 1. The van der Waals surface area contributed by atoms with Crippen LogP contribution < -0.4 is 0 Å². The van der Waals surface area contributed by atoms with Gasteiger partial charge in [0.15, 0.2) is 11.5 Å². The number of carbonyl (C=O) groups excluding carboxylic acids is 3. The SMILES string of the molecule is CC(=O)/C(=N\O)C(=O)C(=O)OC(C)(C)C. The van der Waals surface area contributed by atoms with Crippen molar-refractivity contribution >= 4 is 23.2 Å². The normalized spacial score (nSPS) is 12.1. The zero-order valence-electron chi connectivity index (χ0n) is 9.03. The van der Waals surface area contributed by atoms with E-state index in [1.54, 1.807) is 20.8 Å². The predicted molar refractivity (Wildman–Crippen MR) is 50.8 cm³/mol. The van der Waals surface area contributed by atoms with E-state index in [2.05, 4.69) is 5.16 Å². The summed E-state index contributed by atoms with van der Waals surface area (Å²) in [6.07, 6.45) is 0. The molecule has 0 unspecified atom stereocenters. The zero-order chi connectivity index (χ0) is 12.2. The summed E-state index contributed by atoms with van der Waals surface area (Å²) in [5, 5.41) is 10.8. The van der Waals surface area contributed by atoms with Gasteiger partial charge in [0, 0.05) is 6.92 Å². The van der Waals surface area contributed by atoms with Crippen LogP contribution in [0.15, 0.2) is 5.16 Å². The maximum Gasteiger partial charge on any atom is 0.382 e. The van der Waals surface area contributed by atoms with Crippen LogP contribution in [0.1, 0.15) is 27.7 Å². The lowest BCUT2D eigenvalue weighted by atomic mass is 10.1. The Hall–Kier alpha value is -1.72. The summed E-state index contributed by atoms with van der Waals surface area (Å²) < 4.78 is 4.70. The van der Waals surface area contributed by atoms with Crippen molar-refractivity contribution in [2.45, 2.75) is 33.3 Å². The highest BCUT2D eigenvalue weighted by Crippen LogP contribution is 2.07. The summed E-state index contributed by atoms with van der Waals surface area (Å²) in [6.45, 7) is 5.72. The molecule has 0 radical (unpaired) electrons. The van der Waals surface area contributed by atoms with Crippen LogP contribution in [-0.2, 0) is 19.1 Å². The third-order valence-electron chi connectivity index (χ3n) is 1.23. The second-order valence-corrected chi connectivity index (χ2v) is 3.84. The van der Waals surface area contributed by atoms with Crippen molar-refractivity contribution < 1.29 is 24.3 Å². The summed E-state index contributed by atoms with van der Waals surface area (Å²) >= 11 is 0. The average molecular weight is 215 g/mol. The fraction of sp³-hybridized carbons (Fsp3) is 0.556. The summed E-state index contributed by atoms with van der Waals surface area (Å²) in [6, 6.07) is 0. The van der Waals surface area contributed by atoms with Crippen molar-refractivity contribution in [2.75, 3.05) is 0 Å². The number of nitrogens with zero attached hydrogens (tertiary/aromatic N) is 1. The minimum Gasteiger partial charge on any atom is -0.454 e. The minimum atomic E-state index is -1.25. The van der Waals surface area contributed by atoms with Crippen molar-refractivity contribution in [3.8, 4) is 0 Å². The number of rotatable bonds is 3. The Morgan fingerprint density at radius 2 is 1.67 bits per heavy atom. The molecule has 0 amide bonds. The molecule has 0 aliphatic heterocycles. The van der Waals surface area contributed by atoms with Crippen molar-refractivity contribution in [1.29, 1.82) is 0 Å². The maximum atomic E-state index is 11.2. The molecule has 0 rings (SSSR count). The molecule has 0 saturated carbocycles. The van der Waals surface area contributed by atoms with Crippen molar-refractivity contribution in [3.63, 3.8) is 0 Å². The number of carbonyl (C=O) groups is 3. The second kappa shape index (κ2) is 4.68. The Morgan fingerprint density at radius 1 is 1.20 bits per heavy atom. The van der Waals surface area contributed by atoms with Gasteiger partial charge in [0.1, 0.15) is 5.60 Å². The Morgan fingerprint density at radius 3 is 1.93 bits per heavy atom. The molecule has 1 N–H and O–H groups in total. The van der Waals surface area contributed by atoms with Gasteiger partial charge in [-0.2, -0.15) is 0 Å². The maximum absolute atomic E-state index is 11.2. The number of oxime groups is 1. The first kappa shape index (κ1) is 13.3. The lowest BCUT2D eigenvalue weighted by Gasteiger charge is -2.18. The van der Waals surface area contributed by atoms with Gasteiger partial charge in [-0.15, -0.1) is 0 Å². The first-order valence-corrected chi connectivity index (χ1v) is 4.19. The summed E-state index contributed by atoms with van der Waals surface area (Å²) in [5.74, 6) is -3.27. The van der Waals surface area contributed by atoms with E-state index < -0.39 is 28.8 Å². The van der Waals surface area contributed by atoms with E-state index in [1.807, 2.05) is 0 Å². The van der Waals surface area contributed by atoms with Crippen LogP contribution in [0.4, 0.5) is 0 Å². The van der Waals surface area contributed by atoms with Crippen LogP contribution in [-0.4, -0.2) is 34.1 Å². The number of ether oxygens (including phenoxy) is 1. The first-order chi connectivity index (χ1) is 6.69. The Kier molecular flexibility index (Phi) is 4.14. The molecular formula is C9H13NO5. The summed E-state index contributed by atoms with van der Waals surface area (Å²) in [4.78, 5) is 33.1. The molecule has 0 aliphatic rings. The largest absolute Gasteiger partial charge is 0.454 e. The molecule has 0 heterocycles. The lowest BCUT2D eigenvalue weighted by molar-refractivity contribution is -0.160. The smallest absolute Gasteiger partial charge is 0.382 e. The van der Waals surface area contributed by atoms with Gasteiger partial charge >= 0.3 is 5.97 Å². The van der Waals surface area contributed by atoms with Crippen LogP contribution in [0, 0.1) is 0 Å². The molecule has 0 saturated heterocycles. The summed E-state index contributed by atoms with van der Waals surface area (Å²) in [5.41, 5.74) is -1.67. The van der Waals surface area contributed by atoms with Crippen LogP contribution in [0.5, 0.6) is 0 Å². The quantitative estimate of drug-likeness (QED) is 0.183. The third-order valence-corrected chi connectivity index (χ3v) is 1.23. The van der Waals surface area contributed by atoms with Crippen LogP contribution >= 0.6 is 0 Å². The number of ketones is 2. The topological polar surface area (TPSA) is 93.0 Å². The molecular weight excluding hydrogens is 202 g/mol. The molecule has 15 heavy (non-hydrogen) atoms. The number of hydrogen-bond acceptors (Lipinski definition) is 6. The zero-order valence-corrected chi connectivity index (χ0v) is 9.03. The third kappa shape index (κ3) is 4.35. The predicted octanol–water partition coefficient (Wildman–Crippen LogP) is 0.316. The minimum absolute atomic E-state index is 0.798. The molecule has 6 heteroatoms. The Bertz CT molecular complexity index is 324. The molecule has 6 nitrogen and oxygen atoms in total. The van der Waals surface area contributed by atoms with Gasteiger partial charge in [0.25, 0.3) is 5.78 Å². The molecule has 0 bridgehead atoms. The van der Waals surface area contributed by atoms with E-state index in [9.17, 15) is 14.4 Å². The Balaban J connectivity index is 4.74.